The van der Waals surface area contributed by atoms with Crippen molar-refractivity contribution in [2.45, 2.75) is 26.3 Å². The lowest BCUT2D eigenvalue weighted by molar-refractivity contribution is -0.119. The van der Waals surface area contributed by atoms with Crippen molar-refractivity contribution >= 4 is 23.4 Å². The minimum atomic E-state index is -0.677. The lowest BCUT2D eigenvalue weighted by Gasteiger charge is -2.23. The molecule has 2 aromatic carbocycles. The molecular formula is C20H23N3O3. The fourth-order valence-electron chi connectivity index (χ4n) is 2.45. The second-order valence-corrected chi connectivity index (χ2v) is 6.13. The van der Waals surface area contributed by atoms with Crippen molar-refractivity contribution in [3.63, 3.8) is 0 Å². The number of primary amides is 1. The highest BCUT2D eigenvalue weighted by atomic mass is 16.2. The Balaban J connectivity index is 2.11. The Kier molecular flexibility index (Phi) is 6.49. The highest BCUT2D eigenvalue weighted by molar-refractivity contribution is 6.01. The molecule has 0 aliphatic carbocycles. The van der Waals surface area contributed by atoms with Crippen LogP contribution in [-0.4, -0.2) is 23.8 Å². The quantitative estimate of drug-likeness (QED) is 0.713. The van der Waals surface area contributed by atoms with Crippen LogP contribution in [0.25, 0.3) is 0 Å². The number of carbonyl (C=O) groups is 3. The van der Waals surface area contributed by atoms with Gasteiger partial charge in [0.05, 0.1) is 0 Å². The van der Waals surface area contributed by atoms with Crippen molar-refractivity contribution in [1.82, 2.24) is 5.32 Å². The topological polar surface area (TPSA) is 101 Å². The summed E-state index contributed by atoms with van der Waals surface area (Å²) >= 11 is 0. The minimum absolute atomic E-state index is 0.0486. The first-order valence-corrected chi connectivity index (χ1v) is 8.49. The van der Waals surface area contributed by atoms with Crippen LogP contribution in [0.1, 0.15) is 41.0 Å². The average Bonchev–Trinajstić information content (AvgIpc) is 2.66. The van der Waals surface area contributed by atoms with Gasteiger partial charge in [-0.25, -0.2) is 0 Å². The van der Waals surface area contributed by atoms with E-state index >= 15 is 0 Å². The Bertz CT molecular complexity index is 773. The Morgan fingerprint density at radius 2 is 1.58 bits per heavy atom. The lowest BCUT2D eigenvalue weighted by Crippen LogP contribution is -2.47. The van der Waals surface area contributed by atoms with Crippen LogP contribution in [0, 0.1) is 5.92 Å². The summed E-state index contributed by atoms with van der Waals surface area (Å²) in [5.41, 5.74) is 6.60. The summed E-state index contributed by atoms with van der Waals surface area (Å²) in [5.74, 6) is -1.19. The van der Waals surface area contributed by atoms with Crippen LogP contribution in [0.4, 0.5) is 5.69 Å². The predicted molar refractivity (Wildman–Crippen MR) is 101 cm³/mol. The zero-order valence-corrected chi connectivity index (χ0v) is 14.9. The molecule has 2 aromatic rings. The van der Waals surface area contributed by atoms with Crippen LogP contribution < -0.4 is 16.4 Å². The molecule has 3 amide bonds. The molecule has 0 aliphatic heterocycles. The molecule has 0 radical (unpaired) electrons. The zero-order chi connectivity index (χ0) is 19.1. The third-order valence-electron chi connectivity index (χ3n) is 4.25. The van der Waals surface area contributed by atoms with Gasteiger partial charge in [-0.05, 0) is 42.3 Å². The molecule has 4 N–H and O–H groups in total. The Morgan fingerprint density at radius 3 is 2.12 bits per heavy atom. The number of nitrogens with one attached hydrogen (secondary N) is 2. The molecule has 6 nitrogen and oxygen atoms in total. The van der Waals surface area contributed by atoms with Gasteiger partial charge in [-0.3, -0.25) is 14.4 Å². The Morgan fingerprint density at radius 1 is 0.962 bits per heavy atom. The number of hydrogen-bond acceptors (Lipinski definition) is 3. The van der Waals surface area contributed by atoms with Crippen LogP contribution in [0.2, 0.25) is 0 Å². The van der Waals surface area contributed by atoms with Gasteiger partial charge < -0.3 is 16.4 Å². The number of benzene rings is 2. The summed E-state index contributed by atoms with van der Waals surface area (Å²) in [4.78, 5) is 36.2. The summed E-state index contributed by atoms with van der Waals surface area (Å²) in [7, 11) is 0. The minimum Gasteiger partial charge on any atom is -0.366 e. The maximum atomic E-state index is 12.7. The number of carbonyl (C=O) groups excluding carboxylic acids is 3. The van der Waals surface area contributed by atoms with E-state index in [4.69, 9.17) is 5.73 Å². The maximum Gasteiger partial charge on any atom is 0.251 e. The van der Waals surface area contributed by atoms with Crippen molar-refractivity contribution < 1.29 is 14.4 Å². The molecule has 2 rings (SSSR count). The van der Waals surface area contributed by atoms with Crippen LogP contribution in [-0.2, 0) is 4.79 Å². The second-order valence-electron chi connectivity index (χ2n) is 6.13. The molecule has 136 valence electrons. The Labute approximate surface area is 152 Å². The van der Waals surface area contributed by atoms with Gasteiger partial charge in [-0.1, -0.05) is 38.5 Å². The average molecular weight is 353 g/mol. The molecule has 0 saturated heterocycles. The standard InChI is InChI=1S/C20H23N3O3/c1-3-13(2)17(23-19(25)15-7-5-4-6-8-15)20(26)22-16-11-9-14(10-12-16)18(21)24/h4-13,17H,3H2,1-2H3,(H2,21,24)(H,22,26)(H,23,25)/t13-,17+/m1/s1. The number of rotatable bonds is 7. The van der Waals surface area contributed by atoms with Crippen molar-refractivity contribution in [2.75, 3.05) is 5.32 Å². The fraction of sp³-hybridized carbons (Fsp3) is 0.250. The highest BCUT2D eigenvalue weighted by Crippen LogP contribution is 2.14. The third-order valence-corrected chi connectivity index (χ3v) is 4.25. The normalized spacial score (nSPS) is 12.7. The van der Waals surface area contributed by atoms with E-state index < -0.39 is 11.9 Å². The van der Waals surface area contributed by atoms with E-state index in [1.54, 1.807) is 48.5 Å². The maximum absolute atomic E-state index is 12.7. The van der Waals surface area contributed by atoms with Crippen LogP contribution in [0.15, 0.2) is 54.6 Å². The zero-order valence-electron chi connectivity index (χ0n) is 14.9. The van der Waals surface area contributed by atoms with Gasteiger partial charge >= 0.3 is 0 Å². The summed E-state index contributed by atoms with van der Waals surface area (Å²) in [6.45, 7) is 3.87. The first kappa shape index (κ1) is 19.2. The van der Waals surface area contributed by atoms with E-state index in [2.05, 4.69) is 10.6 Å². The molecule has 26 heavy (non-hydrogen) atoms. The molecule has 0 spiro atoms. The van der Waals surface area contributed by atoms with Gasteiger partial charge in [0.15, 0.2) is 0 Å². The second kappa shape index (κ2) is 8.80. The summed E-state index contributed by atoms with van der Waals surface area (Å²) in [6, 6.07) is 14.4. The molecule has 0 fully saturated rings. The number of hydrogen-bond donors (Lipinski definition) is 3. The van der Waals surface area contributed by atoms with Crippen molar-refractivity contribution in [1.29, 1.82) is 0 Å². The molecule has 0 saturated carbocycles. The molecule has 0 aromatic heterocycles. The van der Waals surface area contributed by atoms with Crippen molar-refractivity contribution in [3.8, 4) is 0 Å². The first-order chi connectivity index (χ1) is 12.4. The molecule has 0 heterocycles. The molecule has 2 atom stereocenters. The van der Waals surface area contributed by atoms with Gasteiger partial charge in [0, 0.05) is 16.8 Å². The van der Waals surface area contributed by atoms with Crippen LogP contribution in [0.3, 0.4) is 0 Å². The lowest BCUT2D eigenvalue weighted by atomic mass is 9.97. The SMILES string of the molecule is CC[C@@H](C)[C@H](NC(=O)c1ccccc1)C(=O)Nc1ccc(C(N)=O)cc1. The summed E-state index contributed by atoms with van der Waals surface area (Å²) < 4.78 is 0. The molecule has 6 heteroatoms. The fourth-order valence-corrected chi connectivity index (χ4v) is 2.45. The van der Waals surface area contributed by atoms with E-state index in [1.807, 2.05) is 19.9 Å². The van der Waals surface area contributed by atoms with Gasteiger partial charge in [0.1, 0.15) is 6.04 Å². The van der Waals surface area contributed by atoms with Crippen LogP contribution in [0.5, 0.6) is 0 Å². The Hall–Kier alpha value is -3.15. The molecule has 0 aliphatic rings. The highest BCUT2D eigenvalue weighted by Gasteiger charge is 2.26. The summed E-state index contributed by atoms with van der Waals surface area (Å²) in [6.07, 6.45) is 0.730. The van der Waals surface area contributed by atoms with Gasteiger partial charge in [-0.2, -0.15) is 0 Å². The summed E-state index contributed by atoms with van der Waals surface area (Å²) in [5, 5.41) is 5.58. The number of anilines is 1. The first-order valence-electron chi connectivity index (χ1n) is 8.49. The smallest absolute Gasteiger partial charge is 0.251 e. The van der Waals surface area contributed by atoms with Crippen molar-refractivity contribution in [2.24, 2.45) is 11.7 Å². The van der Waals surface area contributed by atoms with Gasteiger partial charge in [0.25, 0.3) is 5.91 Å². The number of amides is 3. The monoisotopic (exact) mass is 353 g/mol. The van der Waals surface area contributed by atoms with E-state index in [0.717, 1.165) is 6.42 Å². The van der Waals surface area contributed by atoms with Gasteiger partial charge in [0.2, 0.25) is 11.8 Å². The number of nitrogens with two attached hydrogens (primary N) is 1. The van der Waals surface area contributed by atoms with E-state index in [0.29, 0.717) is 16.8 Å². The largest absolute Gasteiger partial charge is 0.366 e. The molecule has 0 unspecified atom stereocenters. The molecule has 0 bridgehead atoms. The third kappa shape index (κ3) is 4.92. The van der Waals surface area contributed by atoms with Gasteiger partial charge in [-0.15, -0.1) is 0 Å². The molecular weight excluding hydrogens is 330 g/mol. The van der Waals surface area contributed by atoms with E-state index in [-0.39, 0.29) is 17.7 Å². The van der Waals surface area contributed by atoms with E-state index in [1.165, 1.54) is 0 Å². The van der Waals surface area contributed by atoms with Crippen molar-refractivity contribution in [3.05, 3.63) is 65.7 Å². The van der Waals surface area contributed by atoms with Crippen LogP contribution >= 0.6 is 0 Å². The predicted octanol–water partition coefficient (Wildman–Crippen LogP) is 2.57. The van der Waals surface area contributed by atoms with E-state index in [9.17, 15) is 14.4 Å².